The standard InChI is InChI=1S/C10H17N3O/c1-10(2,3)9(11)8(14)7-5-6-12-13(7)4/h5-6,9H,11H2,1-4H3. The number of nitrogens with zero attached hydrogens (tertiary/aromatic N) is 2. The Balaban J connectivity index is 2.92. The van der Waals surface area contributed by atoms with E-state index in [-0.39, 0.29) is 11.2 Å². The van der Waals surface area contributed by atoms with Crippen LogP contribution in [0, 0.1) is 5.41 Å². The summed E-state index contributed by atoms with van der Waals surface area (Å²) < 4.78 is 1.55. The van der Waals surface area contributed by atoms with Gasteiger partial charge in [0.15, 0.2) is 5.78 Å². The van der Waals surface area contributed by atoms with Crippen molar-refractivity contribution in [2.75, 3.05) is 0 Å². The average molecular weight is 195 g/mol. The van der Waals surface area contributed by atoms with Gasteiger partial charge in [0.1, 0.15) is 5.69 Å². The third kappa shape index (κ3) is 2.01. The lowest BCUT2D eigenvalue weighted by atomic mass is 9.84. The van der Waals surface area contributed by atoms with Crippen LogP contribution < -0.4 is 5.73 Å². The molecule has 0 bridgehead atoms. The first-order valence-electron chi connectivity index (χ1n) is 4.62. The Kier molecular flexibility index (Phi) is 2.76. The molecule has 4 heteroatoms. The molecule has 78 valence electrons. The average Bonchev–Trinajstić information content (AvgIpc) is 2.47. The van der Waals surface area contributed by atoms with Gasteiger partial charge in [0.2, 0.25) is 0 Å². The van der Waals surface area contributed by atoms with E-state index in [1.54, 1.807) is 24.0 Å². The molecular weight excluding hydrogens is 178 g/mol. The predicted molar refractivity (Wildman–Crippen MR) is 55.0 cm³/mol. The molecule has 0 aliphatic heterocycles. The van der Waals surface area contributed by atoms with Crippen LogP contribution in [0.15, 0.2) is 12.3 Å². The molecule has 1 heterocycles. The van der Waals surface area contributed by atoms with Crippen LogP contribution in [0.3, 0.4) is 0 Å². The van der Waals surface area contributed by atoms with Crippen molar-refractivity contribution >= 4 is 5.78 Å². The van der Waals surface area contributed by atoms with Crippen molar-refractivity contribution in [3.05, 3.63) is 18.0 Å². The summed E-state index contributed by atoms with van der Waals surface area (Å²) in [6.07, 6.45) is 1.60. The van der Waals surface area contributed by atoms with Gasteiger partial charge in [0, 0.05) is 13.2 Å². The van der Waals surface area contributed by atoms with Crippen LogP contribution in [0.5, 0.6) is 0 Å². The molecule has 14 heavy (non-hydrogen) atoms. The molecule has 0 fully saturated rings. The van der Waals surface area contributed by atoms with Crippen molar-refractivity contribution in [2.24, 2.45) is 18.2 Å². The normalized spacial score (nSPS) is 14.1. The molecule has 0 saturated heterocycles. The van der Waals surface area contributed by atoms with E-state index in [4.69, 9.17) is 5.73 Å². The minimum atomic E-state index is -0.488. The maximum Gasteiger partial charge on any atom is 0.197 e. The molecular formula is C10H17N3O. The minimum Gasteiger partial charge on any atom is -0.321 e. The molecule has 0 aromatic carbocycles. The number of carbonyl (C=O) groups excluding carboxylic acids is 1. The first-order valence-corrected chi connectivity index (χ1v) is 4.62. The van der Waals surface area contributed by atoms with Crippen LogP contribution in [-0.2, 0) is 7.05 Å². The highest BCUT2D eigenvalue weighted by Crippen LogP contribution is 2.20. The van der Waals surface area contributed by atoms with E-state index in [0.717, 1.165) is 0 Å². The van der Waals surface area contributed by atoms with E-state index in [2.05, 4.69) is 5.10 Å². The number of hydrogen-bond donors (Lipinski definition) is 1. The lowest BCUT2D eigenvalue weighted by molar-refractivity contribution is 0.0891. The first kappa shape index (κ1) is 10.9. The fraction of sp³-hybridized carbons (Fsp3) is 0.600. The van der Waals surface area contributed by atoms with Crippen molar-refractivity contribution in [2.45, 2.75) is 26.8 Å². The topological polar surface area (TPSA) is 60.9 Å². The Hall–Kier alpha value is -1.16. The summed E-state index contributed by atoms with van der Waals surface area (Å²) in [6.45, 7) is 5.85. The number of Topliss-reactive ketones (excluding diaryl/α,β-unsaturated/α-hetero) is 1. The second-order valence-corrected chi connectivity index (χ2v) is 4.55. The molecule has 0 spiro atoms. The van der Waals surface area contributed by atoms with Crippen molar-refractivity contribution in [3.63, 3.8) is 0 Å². The fourth-order valence-corrected chi connectivity index (χ4v) is 1.17. The zero-order chi connectivity index (χ0) is 10.9. The Bertz CT molecular complexity index is 335. The van der Waals surface area contributed by atoms with Crippen LogP contribution in [0.4, 0.5) is 0 Å². The Morgan fingerprint density at radius 2 is 2.14 bits per heavy atom. The third-order valence-electron chi connectivity index (χ3n) is 2.29. The van der Waals surface area contributed by atoms with E-state index >= 15 is 0 Å². The van der Waals surface area contributed by atoms with Crippen molar-refractivity contribution in [1.29, 1.82) is 0 Å². The van der Waals surface area contributed by atoms with Crippen molar-refractivity contribution in [3.8, 4) is 0 Å². The van der Waals surface area contributed by atoms with E-state index < -0.39 is 6.04 Å². The Labute approximate surface area is 84.1 Å². The van der Waals surface area contributed by atoms with Crippen molar-refractivity contribution in [1.82, 2.24) is 9.78 Å². The molecule has 1 aromatic heterocycles. The summed E-state index contributed by atoms with van der Waals surface area (Å²) in [5.74, 6) is -0.0579. The highest BCUT2D eigenvalue weighted by atomic mass is 16.1. The van der Waals surface area contributed by atoms with Gasteiger partial charge in [-0.05, 0) is 11.5 Å². The van der Waals surface area contributed by atoms with Gasteiger partial charge < -0.3 is 5.73 Å². The summed E-state index contributed by atoms with van der Waals surface area (Å²) in [5.41, 5.74) is 6.21. The summed E-state index contributed by atoms with van der Waals surface area (Å²) in [5, 5.41) is 3.94. The molecule has 0 saturated carbocycles. The molecule has 0 amide bonds. The molecule has 4 nitrogen and oxygen atoms in total. The van der Waals surface area contributed by atoms with Gasteiger partial charge in [-0.15, -0.1) is 0 Å². The molecule has 2 N–H and O–H groups in total. The molecule has 1 unspecified atom stereocenters. The van der Waals surface area contributed by atoms with Crippen LogP contribution in [0.1, 0.15) is 31.3 Å². The first-order chi connectivity index (χ1) is 6.34. The van der Waals surface area contributed by atoms with Crippen LogP contribution in [0.25, 0.3) is 0 Å². The number of hydrogen-bond acceptors (Lipinski definition) is 3. The highest BCUT2D eigenvalue weighted by Gasteiger charge is 2.29. The van der Waals surface area contributed by atoms with E-state index in [9.17, 15) is 4.79 Å². The van der Waals surface area contributed by atoms with E-state index in [0.29, 0.717) is 5.69 Å². The van der Waals surface area contributed by atoms with Gasteiger partial charge >= 0.3 is 0 Å². The lowest BCUT2D eigenvalue weighted by Gasteiger charge is -2.25. The Morgan fingerprint density at radius 1 is 1.57 bits per heavy atom. The zero-order valence-corrected chi connectivity index (χ0v) is 9.11. The van der Waals surface area contributed by atoms with Crippen LogP contribution in [0.2, 0.25) is 0 Å². The summed E-state index contributed by atoms with van der Waals surface area (Å²) in [4.78, 5) is 11.9. The van der Waals surface area contributed by atoms with Gasteiger partial charge in [-0.3, -0.25) is 9.48 Å². The second-order valence-electron chi connectivity index (χ2n) is 4.55. The number of aryl methyl sites for hydroxylation is 1. The summed E-state index contributed by atoms with van der Waals surface area (Å²) >= 11 is 0. The van der Waals surface area contributed by atoms with Crippen LogP contribution >= 0.6 is 0 Å². The quantitative estimate of drug-likeness (QED) is 0.715. The van der Waals surface area contributed by atoms with Gasteiger partial charge in [0.25, 0.3) is 0 Å². The monoisotopic (exact) mass is 195 g/mol. The lowest BCUT2D eigenvalue weighted by Crippen LogP contribution is -2.42. The van der Waals surface area contributed by atoms with Gasteiger partial charge in [-0.2, -0.15) is 5.10 Å². The summed E-state index contributed by atoms with van der Waals surface area (Å²) in [6, 6.07) is 1.20. The molecule has 0 aliphatic carbocycles. The molecule has 1 atom stereocenters. The molecule has 1 rings (SSSR count). The number of rotatable bonds is 2. The number of ketones is 1. The third-order valence-corrected chi connectivity index (χ3v) is 2.29. The second kappa shape index (κ2) is 3.53. The Morgan fingerprint density at radius 3 is 2.50 bits per heavy atom. The number of carbonyl (C=O) groups is 1. The molecule has 0 radical (unpaired) electrons. The minimum absolute atomic E-state index is 0.0579. The van der Waals surface area contributed by atoms with E-state index in [1.165, 1.54) is 0 Å². The molecule has 0 aliphatic rings. The largest absolute Gasteiger partial charge is 0.321 e. The van der Waals surface area contributed by atoms with Gasteiger partial charge in [-0.1, -0.05) is 20.8 Å². The van der Waals surface area contributed by atoms with Gasteiger partial charge in [-0.25, -0.2) is 0 Å². The van der Waals surface area contributed by atoms with Crippen LogP contribution in [-0.4, -0.2) is 21.6 Å². The van der Waals surface area contributed by atoms with E-state index in [1.807, 2.05) is 20.8 Å². The maximum atomic E-state index is 11.9. The number of aromatic nitrogens is 2. The molecule has 1 aromatic rings. The van der Waals surface area contributed by atoms with Crippen molar-refractivity contribution < 1.29 is 4.79 Å². The fourth-order valence-electron chi connectivity index (χ4n) is 1.17. The van der Waals surface area contributed by atoms with Gasteiger partial charge in [0.05, 0.1) is 6.04 Å². The highest BCUT2D eigenvalue weighted by molar-refractivity contribution is 5.98. The zero-order valence-electron chi connectivity index (χ0n) is 9.11. The number of nitrogens with two attached hydrogens (primary N) is 1. The maximum absolute atomic E-state index is 11.9. The smallest absolute Gasteiger partial charge is 0.197 e. The predicted octanol–water partition coefficient (Wildman–Crippen LogP) is 0.976. The SMILES string of the molecule is Cn1nccc1C(=O)C(N)C(C)(C)C. The summed E-state index contributed by atoms with van der Waals surface area (Å²) in [7, 11) is 1.74.